The number of carbonyl (C=O) groups excluding carboxylic acids is 1. The lowest BCUT2D eigenvalue weighted by Crippen LogP contribution is -2.40. The van der Waals surface area contributed by atoms with Gasteiger partial charge in [0.25, 0.3) is 0 Å². The number of nitrogens with two attached hydrogens (primary N) is 1. The summed E-state index contributed by atoms with van der Waals surface area (Å²) in [6, 6.07) is 5.83. The maximum absolute atomic E-state index is 12.4. The van der Waals surface area contributed by atoms with Crippen LogP contribution in [-0.2, 0) is 4.79 Å². The van der Waals surface area contributed by atoms with Crippen molar-refractivity contribution in [3.63, 3.8) is 0 Å². The molecule has 0 heterocycles. The van der Waals surface area contributed by atoms with Gasteiger partial charge in [0.2, 0.25) is 5.91 Å². The fraction of sp³-hybridized carbons (Fsp3) is 0.500. The number of rotatable bonds is 3. The van der Waals surface area contributed by atoms with Gasteiger partial charge in [-0.2, -0.15) is 0 Å². The highest BCUT2D eigenvalue weighted by molar-refractivity contribution is 9.10. The van der Waals surface area contributed by atoms with Gasteiger partial charge >= 0.3 is 0 Å². The van der Waals surface area contributed by atoms with Gasteiger partial charge in [0.15, 0.2) is 0 Å². The molecule has 0 saturated heterocycles. The summed E-state index contributed by atoms with van der Waals surface area (Å²) >= 11 is 3.47. The molecular formula is C14H20BrClN2O. The molecule has 0 bridgehead atoms. The van der Waals surface area contributed by atoms with Crippen LogP contribution >= 0.6 is 28.3 Å². The van der Waals surface area contributed by atoms with Gasteiger partial charge in [-0.15, -0.1) is 12.4 Å². The average Bonchev–Trinajstić information content (AvgIpc) is 2.85. The second-order valence-corrected chi connectivity index (χ2v) is 5.91. The lowest BCUT2D eigenvalue weighted by Gasteiger charge is -2.26. The summed E-state index contributed by atoms with van der Waals surface area (Å²) in [6.45, 7) is 2.43. The summed E-state index contributed by atoms with van der Waals surface area (Å²) in [4.78, 5) is 12.4. The minimum atomic E-state index is -0.352. The number of carbonyl (C=O) groups is 1. The van der Waals surface area contributed by atoms with E-state index in [2.05, 4.69) is 21.2 Å². The van der Waals surface area contributed by atoms with Gasteiger partial charge in [-0.3, -0.25) is 4.79 Å². The number of hydrogen-bond donors (Lipinski definition) is 2. The first-order valence-electron chi connectivity index (χ1n) is 6.36. The van der Waals surface area contributed by atoms with Crippen LogP contribution in [-0.4, -0.2) is 12.5 Å². The summed E-state index contributed by atoms with van der Waals surface area (Å²) in [5.74, 6) is 0.0729. The van der Waals surface area contributed by atoms with E-state index in [1.807, 2.05) is 25.1 Å². The largest absolute Gasteiger partial charge is 0.329 e. The summed E-state index contributed by atoms with van der Waals surface area (Å²) < 4.78 is 1.01. The smallest absolute Gasteiger partial charge is 0.231 e. The Morgan fingerprint density at radius 2 is 2.05 bits per heavy atom. The molecule has 1 aromatic carbocycles. The van der Waals surface area contributed by atoms with Crippen LogP contribution in [0.5, 0.6) is 0 Å². The molecule has 106 valence electrons. The predicted octanol–water partition coefficient (Wildman–Crippen LogP) is 3.64. The standard InChI is InChI=1S/C14H19BrN2O.ClH/c1-10-11(15)5-4-6-12(10)17-13(18)14(9-16)7-2-3-8-14;/h4-6H,2-3,7-9,16H2,1H3,(H,17,18);1H. The van der Waals surface area contributed by atoms with Gasteiger partial charge in [0.1, 0.15) is 0 Å². The van der Waals surface area contributed by atoms with E-state index in [-0.39, 0.29) is 23.7 Å². The van der Waals surface area contributed by atoms with Crippen LogP contribution in [0.2, 0.25) is 0 Å². The number of anilines is 1. The van der Waals surface area contributed by atoms with Crippen molar-refractivity contribution in [3.05, 3.63) is 28.2 Å². The Kier molecular flexibility index (Phi) is 5.83. The van der Waals surface area contributed by atoms with E-state index in [1.54, 1.807) is 0 Å². The Morgan fingerprint density at radius 3 is 2.63 bits per heavy atom. The Hall–Kier alpha value is -0.580. The monoisotopic (exact) mass is 346 g/mol. The molecule has 0 aromatic heterocycles. The van der Waals surface area contributed by atoms with E-state index in [0.29, 0.717) is 6.54 Å². The summed E-state index contributed by atoms with van der Waals surface area (Å²) in [6.07, 6.45) is 4.01. The number of benzene rings is 1. The third kappa shape index (κ3) is 3.30. The minimum Gasteiger partial charge on any atom is -0.329 e. The summed E-state index contributed by atoms with van der Waals surface area (Å²) in [5, 5.41) is 3.04. The third-order valence-corrected chi connectivity index (χ3v) is 4.81. The number of halogens is 2. The van der Waals surface area contributed by atoms with Crippen molar-refractivity contribution >= 4 is 39.9 Å². The second-order valence-electron chi connectivity index (χ2n) is 5.06. The van der Waals surface area contributed by atoms with Gasteiger partial charge < -0.3 is 11.1 Å². The molecule has 2 rings (SSSR count). The number of hydrogen-bond acceptors (Lipinski definition) is 2. The molecule has 3 N–H and O–H groups in total. The second kappa shape index (κ2) is 6.73. The van der Waals surface area contributed by atoms with Gasteiger partial charge in [-0.1, -0.05) is 34.8 Å². The Bertz CT molecular complexity index is 459. The van der Waals surface area contributed by atoms with E-state index in [0.717, 1.165) is 41.4 Å². The maximum Gasteiger partial charge on any atom is 0.231 e. The summed E-state index contributed by atoms with van der Waals surface area (Å²) in [5.41, 5.74) is 7.39. The normalized spacial score (nSPS) is 16.8. The first-order chi connectivity index (χ1) is 8.59. The molecule has 3 nitrogen and oxygen atoms in total. The molecule has 1 amide bonds. The van der Waals surface area contributed by atoms with E-state index < -0.39 is 0 Å². The van der Waals surface area contributed by atoms with Crippen molar-refractivity contribution in [2.75, 3.05) is 11.9 Å². The topological polar surface area (TPSA) is 55.1 Å². The van der Waals surface area contributed by atoms with E-state index >= 15 is 0 Å². The minimum absolute atomic E-state index is 0. The predicted molar refractivity (Wildman–Crippen MR) is 84.7 cm³/mol. The average molecular weight is 348 g/mol. The first-order valence-corrected chi connectivity index (χ1v) is 7.15. The Balaban J connectivity index is 0.00000180. The van der Waals surface area contributed by atoms with Crippen LogP contribution in [0.4, 0.5) is 5.69 Å². The highest BCUT2D eigenvalue weighted by Crippen LogP contribution is 2.38. The van der Waals surface area contributed by atoms with Crippen LogP contribution in [0.15, 0.2) is 22.7 Å². The zero-order valence-electron chi connectivity index (χ0n) is 11.0. The molecule has 1 aliphatic carbocycles. The molecule has 0 spiro atoms. The fourth-order valence-electron chi connectivity index (χ4n) is 2.57. The summed E-state index contributed by atoms with van der Waals surface area (Å²) in [7, 11) is 0. The molecule has 0 radical (unpaired) electrons. The van der Waals surface area contributed by atoms with E-state index in [1.165, 1.54) is 0 Å². The first kappa shape index (κ1) is 16.5. The van der Waals surface area contributed by atoms with Crippen molar-refractivity contribution in [2.45, 2.75) is 32.6 Å². The zero-order chi connectivity index (χ0) is 13.2. The van der Waals surface area contributed by atoms with Crippen molar-refractivity contribution in [1.29, 1.82) is 0 Å². The highest BCUT2D eigenvalue weighted by atomic mass is 79.9. The highest BCUT2D eigenvalue weighted by Gasteiger charge is 2.39. The molecule has 5 heteroatoms. The van der Waals surface area contributed by atoms with Crippen LogP contribution < -0.4 is 11.1 Å². The van der Waals surface area contributed by atoms with Crippen LogP contribution in [0.1, 0.15) is 31.2 Å². The maximum atomic E-state index is 12.4. The zero-order valence-corrected chi connectivity index (χ0v) is 13.4. The molecule has 0 atom stereocenters. The Labute approximate surface area is 128 Å². The molecule has 0 unspecified atom stereocenters. The molecule has 1 aliphatic rings. The fourth-order valence-corrected chi connectivity index (χ4v) is 2.94. The van der Waals surface area contributed by atoms with Gasteiger partial charge in [0.05, 0.1) is 5.41 Å². The van der Waals surface area contributed by atoms with Crippen LogP contribution in [0, 0.1) is 12.3 Å². The molecule has 19 heavy (non-hydrogen) atoms. The van der Waals surface area contributed by atoms with Crippen molar-refractivity contribution < 1.29 is 4.79 Å². The van der Waals surface area contributed by atoms with Gasteiger partial charge in [-0.05, 0) is 37.5 Å². The van der Waals surface area contributed by atoms with Gasteiger partial charge in [0, 0.05) is 16.7 Å². The van der Waals surface area contributed by atoms with Crippen molar-refractivity contribution in [2.24, 2.45) is 11.1 Å². The third-order valence-electron chi connectivity index (χ3n) is 3.95. The lowest BCUT2D eigenvalue weighted by molar-refractivity contribution is -0.124. The quantitative estimate of drug-likeness (QED) is 0.877. The molecule has 0 aliphatic heterocycles. The number of nitrogens with one attached hydrogen (secondary N) is 1. The van der Waals surface area contributed by atoms with Gasteiger partial charge in [-0.25, -0.2) is 0 Å². The molecule has 1 fully saturated rings. The number of amides is 1. The molecular weight excluding hydrogens is 328 g/mol. The Morgan fingerprint density at radius 1 is 1.42 bits per heavy atom. The van der Waals surface area contributed by atoms with E-state index in [4.69, 9.17) is 5.73 Å². The van der Waals surface area contributed by atoms with Crippen LogP contribution in [0.25, 0.3) is 0 Å². The van der Waals surface area contributed by atoms with Crippen molar-refractivity contribution in [3.8, 4) is 0 Å². The molecule has 1 saturated carbocycles. The molecule has 1 aromatic rings. The van der Waals surface area contributed by atoms with Crippen LogP contribution in [0.3, 0.4) is 0 Å². The lowest BCUT2D eigenvalue weighted by atomic mass is 9.85. The van der Waals surface area contributed by atoms with E-state index in [9.17, 15) is 4.79 Å². The SMILES string of the molecule is Cc1c(Br)cccc1NC(=O)C1(CN)CCCC1.Cl. The van der Waals surface area contributed by atoms with Crippen molar-refractivity contribution in [1.82, 2.24) is 0 Å².